The van der Waals surface area contributed by atoms with Gasteiger partial charge < -0.3 is 19.5 Å². The van der Waals surface area contributed by atoms with Gasteiger partial charge in [-0.1, -0.05) is 24.3 Å². The fraction of sp³-hybridized carbons (Fsp3) is 0.259. The smallest absolute Gasteiger partial charge is 0.340 e. The van der Waals surface area contributed by atoms with Gasteiger partial charge in [-0.05, 0) is 48.7 Å². The van der Waals surface area contributed by atoms with Crippen molar-refractivity contribution in [2.24, 2.45) is 0 Å². The van der Waals surface area contributed by atoms with Crippen molar-refractivity contribution in [1.29, 1.82) is 0 Å². The number of methoxy groups -OCH3 is 3. The minimum absolute atomic E-state index is 0.0995. The number of nitrogens with zero attached hydrogens (tertiary/aromatic N) is 1. The molecule has 0 unspecified atom stereocenters. The average molecular weight is 527 g/mol. The van der Waals surface area contributed by atoms with Crippen molar-refractivity contribution in [3.63, 3.8) is 0 Å². The molecule has 9 nitrogen and oxygen atoms in total. The Bertz CT molecular complexity index is 1420. The highest BCUT2D eigenvalue weighted by Crippen LogP contribution is 2.34. The molecular weight excluding hydrogens is 496 g/mol. The van der Waals surface area contributed by atoms with Crippen LogP contribution in [-0.4, -0.2) is 47.9 Å². The number of amides is 1. The van der Waals surface area contributed by atoms with Gasteiger partial charge in [-0.3, -0.25) is 9.10 Å². The predicted octanol–water partition coefficient (Wildman–Crippen LogP) is 4.33. The first kappa shape index (κ1) is 27.5. The van der Waals surface area contributed by atoms with Crippen molar-refractivity contribution in [2.45, 2.75) is 20.4 Å². The van der Waals surface area contributed by atoms with Gasteiger partial charge in [0.2, 0.25) is 10.0 Å². The summed E-state index contributed by atoms with van der Waals surface area (Å²) in [7, 11) is 0.552. The van der Waals surface area contributed by atoms with Crippen LogP contribution >= 0.6 is 0 Å². The molecule has 0 spiro atoms. The summed E-state index contributed by atoms with van der Waals surface area (Å²) in [4.78, 5) is 25.3. The highest BCUT2D eigenvalue weighted by atomic mass is 32.2. The van der Waals surface area contributed by atoms with E-state index in [4.69, 9.17) is 14.2 Å². The van der Waals surface area contributed by atoms with E-state index < -0.39 is 21.9 Å². The highest BCUT2D eigenvalue weighted by molar-refractivity contribution is 7.92. The second-order valence-corrected chi connectivity index (χ2v) is 10.4. The van der Waals surface area contributed by atoms with Crippen LogP contribution in [-0.2, 0) is 21.3 Å². The number of hydrogen-bond donors (Lipinski definition) is 1. The Balaban J connectivity index is 1.87. The topological polar surface area (TPSA) is 111 Å². The molecule has 0 aliphatic heterocycles. The van der Waals surface area contributed by atoms with Crippen LogP contribution in [0.15, 0.2) is 54.6 Å². The summed E-state index contributed by atoms with van der Waals surface area (Å²) in [6, 6.07) is 15.1. The number of carbonyl (C=O) groups excluding carboxylic acids is 2. The number of sulfonamides is 1. The van der Waals surface area contributed by atoms with Crippen molar-refractivity contribution in [3.05, 3.63) is 82.4 Å². The first-order chi connectivity index (χ1) is 17.5. The van der Waals surface area contributed by atoms with Crippen LogP contribution < -0.4 is 19.1 Å². The van der Waals surface area contributed by atoms with E-state index in [1.165, 1.54) is 44.0 Å². The van der Waals surface area contributed by atoms with Gasteiger partial charge in [-0.2, -0.15) is 0 Å². The molecule has 0 aromatic heterocycles. The van der Waals surface area contributed by atoms with Crippen LogP contribution in [0, 0.1) is 13.8 Å². The third-order valence-corrected chi connectivity index (χ3v) is 6.88. The quantitative estimate of drug-likeness (QED) is 0.413. The zero-order valence-corrected chi connectivity index (χ0v) is 22.4. The van der Waals surface area contributed by atoms with Gasteiger partial charge in [0.05, 0.1) is 51.1 Å². The molecule has 0 fully saturated rings. The van der Waals surface area contributed by atoms with Crippen LogP contribution in [0.2, 0.25) is 0 Å². The molecular formula is C27H30N2O7S. The fourth-order valence-electron chi connectivity index (χ4n) is 3.75. The molecule has 0 saturated carbocycles. The van der Waals surface area contributed by atoms with Crippen LogP contribution in [0.25, 0.3) is 0 Å². The maximum absolute atomic E-state index is 13.0. The molecule has 1 N–H and O–H groups in total. The molecule has 3 aromatic rings. The lowest BCUT2D eigenvalue weighted by Crippen LogP contribution is -2.30. The Morgan fingerprint density at radius 1 is 0.892 bits per heavy atom. The number of esters is 1. The standard InChI is InChI=1S/C27H30N2O7S/c1-17-7-8-18(2)23(13-17)29(37(6,32)33)16-19-9-11-20(12-10-19)26(30)28-22-15-25(35-4)24(34-3)14-21(22)27(31)36-5/h7-15H,16H2,1-6H3,(H,28,30). The van der Waals surface area contributed by atoms with Gasteiger partial charge in [0.15, 0.2) is 11.5 Å². The summed E-state index contributed by atoms with van der Waals surface area (Å²) in [5, 5.41) is 2.71. The Morgan fingerprint density at radius 2 is 1.51 bits per heavy atom. The van der Waals surface area contributed by atoms with Crippen molar-refractivity contribution in [3.8, 4) is 11.5 Å². The van der Waals surface area contributed by atoms with E-state index in [1.807, 2.05) is 32.0 Å². The lowest BCUT2D eigenvalue weighted by Gasteiger charge is -2.25. The highest BCUT2D eigenvalue weighted by Gasteiger charge is 2.22. The zero-order chi connectivity index (χ0) is 27.3. The molecule has 0 atom stereocenters. The first-order valence-corrected chi connectivity index (χ1v) is 13.1. The monoisotopic (exact) mass is 526 g/mol. The molecule has 10 heteroatoms. The number of anilines is 2. The Kier molecular flexibility index (Phi) is 8.44. The van der Waals surface area contributed by atoms with Crippen LogP contribution in [0.3, 0.4) is 0 Å². The summed E-state index contributed by atoms with van der Waals surface area (Å²) in [6.45, 7) is 3.87. The van der Waals surface area contributed by atoms with E-state index in [-0.39, 0.29) is 17.8 Å². The molecule has 37 heavy (non-hydrogen) atoms. The molecule has 3 rings (SSSR count). The average Bonchev–Trinajstić information content (AvgIpc) is 2.87. The van der Waals surface area contributed by atoms with Crippen molar-refractivity contribution < 1.29 is 32.2 Å². The van der Waals surface area contributed by atoms with Crippen LogP contribution in [0.5, 0.6) is 11.5 Å². The summed E-state index contributed by atoms with van der Waals surface area (Å²) >= 11 is 0. The number of aryl methyl sites for hydroxylation is 2. The lowest BCUT2D eigenvalue weighted by molar-refractivity contribution is 0.0601. The number of hydrogen-bond acceptors (Lipinski definition) is 7. The molecule has 0 saturated heterocycles. The SMILES string of the molecule is COC(=O)c1cc(OC)c(OC)cc1NC(=O)c1ccc(CN(c2cc(C)ccc2C)S(C)(=O)=O)cc1. The number of benzene rings is 3. The molecule has 3 aromatic carbocycles. The largest absolute Gasteiger partial charge is 0.493 e. The van der Waals surface area contributed by atoms with Gasteiger partial charge in [0.1, 0.15) is 0 Å². The third kappa shape index (κ3) is 6.39. The molecule has 196 valence electrons. The number of nitrogens with one attached hydrogen (secondary N) is 1. The zero-order valence-electron chi connectivity index (χ0n) is 21.6. The van der Waals surface area contributed by atoms with Crippen molar-refractivity contribution in [1.82, 2.24) is 0 Å². The van der Waals surface area contributed by atoms with E-state index in [0.717, 1.165) is 11.1 Å². The molecule has 1 amide bonds. The third-order valence-electron chi connectivity index (χ3n) is 5.75. The van der Waals surface area contributed by atoms with E-state index in [2.05, 4.69) is 5.32 Å². The van der Waals surface area contributed by atoms with Gasteiger partial charge in [0, 0.05) is 17.7 Å². The number of ether oxygens (including phenoxy) is 3. The molecule has 0 aliphatic rings. The van der Waals surface area contributed by atoms with Crippen LogP contribution in [0.1, 0.15) is 37.4 Å². The minimum atomic E-state index is -3.56. The predicted molar refractivity (Wildman–Crippen MR) is 142 cm³/mol. The maximum Gasteiger partial charge on any atom is 0.340 e. The molecule has 0 heterocycles. The van der Waals surface area contributed by atoms with E-state index in [0.29, 0.717) is 28.3 Å². The Morgan fingerprint density at radius 3 is 2.08 bits per heavy atom. The van der Waals surface area contributed by atoms with Gasteiger partial charge in [-0.15, -0.1) is 0 Å². The van der Waals surface area contributed by atoms with Crippen molar-refractivity contribution >= 4 is 33.3 Å². The Hall–Kier alpha value is -4.05. The summed E-state index contributed by atoms with van der Waals surface area (Å²) in [6.07, 6.45) is 1.17. The summed E-state index contributed by atoms with van der Waals surface area (Å²) in [5.74, 6) is -0.491. The number of rotatable bonds is 9. The second kappa shape index (κ2) is 11.3. The van der Waals surface area contributed by atoms with E-state index >= 15 is 0 Å². The second-order valence-electron chi connectivity index (χ2n) is 8.45. The normalized spacial score (nSPS) is 11.0. The number of carbonyl (C=O) groups is 2. The minimum Gasteiger partial charge on any atom is -0.493 e. The van der Waals surface area contributed by atoms with E-state index in [9.17, 15) is 18.0 Å². The first-order valence-electron chi connectivity index (χ1n) is 11.3. The maximum atomic E-state index is 13.0. The van der Waals surface area contributed by atoms with Gasteiger partial charge in [-0.25, -0.2) is 13.2 Å². The van der Waals surface area contributed by atoms with Crippen molar-refractivity contribution in [2.75, 3.05) is 37.2 Å². The molecule has 0 bridgehead atoms. The summed E-state index contributed by atoms with van der Waals surface area (Å²) in [5.41, 5.74) is 3.69. The van der Waals surface area contributed by atoms with Gasteiger partial charge in [0.25, 0.3) is 5.91 Å². The lowest BCUT2D eigenvalue weighted by atomic mass is 10.1. The Labute approximate surface area is 217 Å². The molecule has 0 radical (unpaired) electrons. The summed E-state index contributed by atoms with van der Waals surface area (Å²) < 4.78 is 41.9. The molecule has 0 aliphatic carbocycles. The van der Waals surface area contributed by atoms with Crippen LogP contribution in [0.4, 0.5) is 11.4 Å². The van der Waals surface area contributed by atoms with Gasteiger partial charge >= 0.3 is 5.97 Å². The van der Waals surface area contributed by atoms with E-state index in [1.54, 1.807) is 24.3 Å². The fourth-order valence-corrected chi connectivity index (χ4v) is 4.69.